The predicted molar refractivity (Wildman–Crippen MR) is 80.1 cm³/mol. The van der Waals surface area contributed by atoms with Crippen molar-refractivity contribution in [2.75, 3.05) is 5.32 Å². The number of nitrogens with zero attached hydrogens (tertiary/aromatic N) is 5. The van der Waals surface area contributed by atoms with Gasteiger partial charge in [-0.05, 0) is 6.92 Å². The average Bonchev–Trinajstić information content (AvgIpc) is 3.09. The molecule has 0 radical (unpaired) electrons. The highest BCUT2D eigenvalue weighted by atomic mass is 16.5. The van der Waals surface area contributed by atoms with Crippen molar-refractivity contribution in [1.29, 1.82) is 0 Å². The van der Waals surface area contributed by atoms with Gasteiger partial charge in [0.2, 0.25) is 5.91 Å². The minimum absolute atomic E-state index is 0.143. The molecule has 0 saturated heterocycles. The van der Waals surface area contributed by atoms with Gasteiger partial charge < -0.3 is 14.4 Å². The smallest absolute Gasteiger partial charge is 0.332 e. The molecular formula is C13H14N6O4. The number of hydrogen-bond donors (Lipinski definition) is 1. The van der Waals surface area contributed by atoms with Crippen LogP contribution in [0.2, 0.25) is 0 Å². The lowest BCUT2D eigenvalue weighted by atomic mass is 10.4. The van der Waals surface area contributed by atoms with Crippen LogP contribution in [0.4, 0.5) is 5.82 Å². The van der Waals surface area contributed by atoms with E-state index in [1.165, 1.54) is 29.6 Å². The number of carbonyl (C=O) groups excluding carboxylic acids is 1. The summed E-state index contributed by atoms with van der Waals surface area (Å²) in [4.78, 5) is 40.2. The number of aryl methyl sites for hydroxylation is 2. The molecule has 10 heteroatoms. The van der Waals surface area contributed by atoms with Gasteiger partial charge in [0.15, 0.2) is 17.0 Å². The van der Waals surface area contributed by atoms with Gasteiger partial charge in [0, 0.05) is 20.2 Å². The lowest BCUT2D eigenvalue weighted by Gasteiger charge is -2.06. The molecule has 0 aliphatic rings. The standard InChI is InChI=1S/C13H14N6O4/c1-7-4-8(16-23-7)15-9(20)5-19-6-14-11-10(19)12(21)18(3)13(22)17(11)2/h4,6H,5H2,1-3H3,(H,15,16,20). The van der Waals surface area contributed by atoms with Gasteiger partial charge in [0.05, 0.1) is 6.33 Å². The number of anilines is 1. The van der Waals surface area contributed by atoms with Crippen LogP contribution in [0.15, 0.2) is 26.5 Å². The fraction of sp³-hybridized carbons (Fsp3) is 0.308. The molecule has 0 bridgehead atoms. The normalized spacial score (nSPS) is 11.1. The molecule has 0 unspecified atom stereocenters. The van der Waals surface area contributed by atoms with E-state index in [1.54, 1.807) is 13.0 Å². The molecule has 23 heavy (non-hydrogen) atoms. The van der Waals surface area contributed by atoms with E-state index in [0.29, 0.717) is 5.76 Å². The van der Waals surface area contributed by atoms with Crippen molar-refractivity contribution in [3.8, 4) is 0 Å². The van der Waals surface area contributed by atoms with Crippen LogP contribution in [0.1, 0.15) is 5.76 Å². The molecular weight excluding hydrogens is 304 g/mol. The van der Waals surface area contributed by atoms with E-state index in [1.807, 2.05) is 0 Å². The maximum Gasteiger partial charge on any atom is 0.332 e. The predicted octanol–water partition coefficient (Wildman–Crippen LogP) is -0.631. The molecule has 3 rings (SSSR count). The van der Waals surface area contributed by atoms with Gasteiger partial charge in [-0.25, -0.2) is 9.78 Å². The molecule has 3 aromatic rings. The number of amides is 1. The van der Waals surface area contributed by atoms with E-state index in [2.05, 4.69) is 15.5 Å². The van der Waals surface area contributed by atoms with E-state index in [-0.39, 0.29) is 23.5 Å². The summed E-state index contributed by atoms with van der Waals surface area (Å²) < 4.78 is 8.48. The van der Waals surface area contributed by atoms with Crippen molar-refractivity contribution in [2.24, 2.45) is 14.1 Å². The number of nitrogens with one attached hydrogen (secondary N) is 1. The van der Waals surface area contributed by atoms with Gasteiger partial charge in [-0.3, -0.25) is 18.7 Å². The zero-order valence-electron chi connectivity index (χ0n) is 12.7. The second-order valence-corrected chi connectivity index (χ2v) is 5.12. The second-order valence-electron chi connectivity index (χ2n) is 5.12. The summed E-state index contributed by atoms with van der Waals surface area (Å²) in [6.07, 6.45) is 1.35. The van der Waals surface area contributed by atoms with E-state index < -0.39 is 17.2 Å². The van der Waals surface area contributed by atoms with E-state index >= 15 is 0 Å². The Balaban J connectivity index is 1.96. The van der Waals surface area contributed by atoms with Gasteiger partial charge >= 0.3 is 5.69 Å². The average molecular weight is 318 g/mol. The summed E-state index contributed by atoms with van der Waals surface area (Å²) in [6.45, 7) is 1.56. The molecule has 1 N–H and O–H groups in total. The second kappa shape index (κ2) is 5.23. The number of hydrogen-bond acceptors (Lipinski definition) is 6. The summed E-state index contributed by atoms with van der Waals surface area (Å²) in [7, 11) is 2.89. The van der Waals surface area contributed by atoms with Gasteiger partial charge in [0.25, 0.3) is 5.56 Å². The molecule has 3 heterocycles. The first kappa shape index (κ1) is 14.8. The molecule has 0 spiro atoms. The first-order chi connectivity index (χ1) is 10.9. The Bertz CT molecular complexity index is 1020. The molecule has 10 nitrogen and oxygen atoms in total. The van der Waals surface area contributed by atoms with Crippen LogP contribution in [0.25, 0.3) is 11.2 Å². The summed E-state index contributed by atoms with van der Waals surface area (Å²) in [5.74, 6) is 0.461. The third kappa shape index (κ3) is 2.43. The van der Waals surface area contributed by atoms with Crippen LogP contribution >= 0.6 is 0 Å². The number of aromatic nitrogens is 5. The molecule has 3 aromatic heterocycles. The summed E-state index contributed by atoms with van der Waals surface area (Å²) >= 11 is 0. The van der Waals surface area contributed by atoms with Crippen LogP contribution in [0.3, 0.4) is 0 Å². The zero-order valence-corrected chi connectivity index (χ0v) is 12.7. The monoisotopic (exact) mass is 318 g/mol. The van der Waals surface area contributed by atoms with Crippen LogP contribution in [-0.2, 0) is 25.4 Å². The summed E-state index contributed by atoms with van der Waals surface area (Å²) in [6, 6.07) is 1.58. The first-order valence-corrected chi connectivity index (χ1v) is 6.72. The van der Waals surface area contributed by atoms with Crippen molar-refractivity contribution in [3.63, 3.8) is 0 Å². The highest BCUT2D eigenvalue weighted by molar-refractivity contribution is 5.90. The zero-order chi connectivity index (χ0) is 16.7. The van der Waals surface area contributed by atoms with Crippen LogP contribution < -0.4 is 16.6 Å². The maximum absolute atomic E-state index is 12.3. The van der Waals surface area contributed by atoms with Crippen molar-refractivity contribution in [3.05, 3.63) is 39.0 Å². The van der Waals surface area contributed by atoms with Crippen molar-refractivity contribution >= 4 is 22.9 Å². The van der Waals surface area contributed by atoms with Gasteiger partial charge in [-0.15, -0.1) is 0 Å². The Kier molecular flexibility index (Phi) is 3.36. The van der Waals surface area contributed by atoms with Crippen molar-refractivity contribution in [1.82, 2.24) is 23.8 Å². The highest BCUT2D eigenvalue weighted by Gasteiger charge is 2.16. The van der Waals surface area contributed by atoms with E-state index in [9.17, 15) is 14.4 Å². The van der Waals surface area contributed by atoms with Crippen molar-refractivity contribution < 1.29 is 9.32 Å². The third-order valence-corrected chi connectivity index (χ3v) is 3.43. The molecule has 120 valence electrons. The third-order valence-electron chi connectivity index (χ3n) is 3.43. The lowest BCUT2D eigenvalue weighted by Crippen LogP contribution is -2.37. The number of fused-ring (bicyclic) bond motifs is 1. The fourth-order valence-corrected chi connectivity index (χ4v) is 2.28. The topological polar surface area (TPSA) is 117 Å². The Morgan fingerprint density at radius 1 is 1.30 bits per heavy atom. The first-order valence-electron chi connectivity index (χ1n) is 6.72. The fourth-order valence-electron chi connectivity index (χ4n) is 2.28. The largest absolute Gasteiger partial charge is 0.360 e. The van der Waals surface area contributed by atoms with Crippen LogP contribution in [-0.4, -0.2) is 29.7 Å². The van der Waals surface area contributed by atoms with Gasteiger partial charge in [0.1, 0.15) is 12.3 Å². The maximum atomic E-state index is 12.3. The minimum Gasteiger partial charge on any atom is -0.360 e. The number of carbonyl (C=O) groups is 1. The van der Waals surface area contributed by atoms with Crippen LogP contribution in [0, 0.1) is 6.92 Å². The Morgan fingerprint density at radius 2 is 2.04 bits per heavy atom. The molecule has 1 amide bonds. The Labute approximate surface area is 128 Å². The Morgan fingerprint density at radius 3 is 2.70 bits per heavy atom. The Hall–Kier alpha value is -3.17. The molecule has 0 saturated carbocycles. The molecule has 0 aliphatic carbocycles. The molecule has 0 atom stereocenters. The highest BCUT2D eigenvalue weighted by Crippen LogP contribution is 2.09. The van der Waals surface area contributed by atoms with Gasteiger partial charge in [-0.2, -0.15) is 0 Å². The lowest BCUT2D eigenvalue weighted by molar-refractivity contribution is -0.116. The van der Waals surface area contributed by atoms with Crippen LogP contribution in [0.5, 0.6) is 0 Å². The minimum atomic E-state index is -0.509. The molecule has 0 aliphatic heterocycles. The number of imidazole rings is 1. The SMILES string of the molecule is Cc1cc(NC(=O)Cn2cnc3c2c(=O)n(C)c(=O)n3C)no1. The van der Waals surface area contributed by atoms with Gasteiger partial charge in [-0.1, -0.05) is 5.16 Å². The van der Waals surface area contributed by atoms with Crippen molar-refractivity contribution in [2.45, 2.75) is 13.5 Å². The molecule has 0 fully saturated rings. The quantitative estimate of drug-likeness (QED) is 0.687. The summed E-state index contributed by atoms with van der Waals surface area (Å²) in [5, 5.41) is 6.22. The summed E-state index contributed by atoms with van der Waals surface area (Å²) in [5.41, 5.74) is -0.579. The number of rotatable bonds is 3. The van der Waals surface area contributed by atoms with E-state index in [4.69, 9.17) is 4.52 Å². The molecule has 0 aromatic carbocycles. The van der Waals surface area contributed by atoms with E-state index in [0.717, 1.165) is 4.57 Å².